The van der Waals surface area contributed by atoms with Crippen LogP contribution in [0.15, 0.2) is 48.5 Å². The zero-order valence-corrected chi connectivity index (χ0v) is 22.4. The van der Waals surface area contributed by atoms with Crippen LogP contribution in [0.1, 0.15) is 48.5 Å². The summed E-state index contributed by atoms with van der Waals surface area (Å²) in [5.41, 5.74) is 1.80. The number of carbonyl (C=O) groups excluding carboxylic acids is 1. The Kier molecular flexibility index (Phi) is 7.97. The van der Waals surface area contributed by atoms with Crippen molar-refractivity contribution < 1.29 is 27.8 Å². The zero-order chi connectivity index (χ0) is 27.5. The predicted octanol–water partition coefficient (Wildman–Crippen LogP) is 7.03. The monoisotopic (exact) mass is 555 g/mol. The van der Waals surface area contributed by atoms with Crippen molar-refractivity contribution in [3.8, 4) is 23.1 Å². The number of carbonyl (C=O) groups is 1. The fraction of sp³-hybridized carbons (Fsp3) is 0.345. The fourth-order valence-corrected chi connectivity index (χ4v) is 5.36. The number of pyridine rings is 1. The number of imidazole rings is 1. The fourth-order valence-electron chi connectivity index (χ4n) is 5.23. The van der Waals surface area contributed by atoms with Crippen molar-refractivity contribution in [3.63, 3.8) is 0 Å². The molecule has 0 spiro atoms. The molecule has 0 amide bonds. The molecule has 1 saturated carbocycles. The van der Waals surface area contributed by atoms with Gasteiger partial charge in [0.1, 0.15) is 12.4 Å². The first-order chi connectivity index (χ1) is 18.9. The highest BCUT2D eigenvalue weighted by Gasteiger charge is 2.31. The molecular formula is C29H28ClF2N3O4. The quantitative estimate of drug-likeness (QED) is 0.217. The molecule has 204 valence electrons. The first-order valence-corrected chi connectivity index (χ1v) is 13.2. The van der Waals surface area contributed by atoms with Gasteiger partial charge in [0.25, 0.3) is 0 Å². The van der Waals surface area contributed by atoms with E-state index in [2.05, 4.69) is 4.98 Å². The third kappa shape index (κ3) is 5.68. The van der Waals surface area contributed by atoms with Crippen LogP contribution in [0.2, 0.25) is 5.02 Å². The molecule has 1 aliphatic rings. The van der Waals surface area contributed by atoms with Crippen molar-refractivity contribution in [3.05, 3.63) is 70.8 Å². The van der Waals surface area contributed by atoms with Gasteiger partial charge >= 0.3 is 5.97 Å². The Bertz CT molecular complexity index is 1490. The molecule has 0 saturated heterocycles. The molecular weight excluding hydrogens is 528 g/mol. The van der Waals surface area contributed by atoms with E-state index in [0.29, 0.717) is 21.9 Å². The van der Waals surface area contributed by atoms with Crippen LogP contribution in [-0.2, 0) is 4.74 Å². The first-order valence-electron chi connectivity index (χ1n) is 12.8. The van der Waals surface area contributed by atoms with Gasteiger partial charge in [-0.1, -0.05) is 30.9 Å². The van der Waals surface area contributed by atoms with Crippen LogP contribution in [0.4, 0.5) is 8.78 Å². The Labute approximate surface area is 229 Å². The van der Waals surface area contributed by atoms with Gasteiger partial charge in [0, 0.05) is 34.9 Å². The summed E-state index contributed by atoms with van der Waals surface area (Å²) >= 11 is 6.13. The molecule has 1 atom stereocenters. The normalized spacial score (nSPS) is 14.8. The largest absolute Gasteiger partial charge is 0.481 e. The lowest BCUT2D eigenvalue weighted by molar-refractivity contribution is 0.0599. The van der Waals surface area contributed by atoms with E-state index in [0.717, 1.165) is 43.7 Å². The van der Waals surface area contributed by atoms with Crippen molar-refractivity contribution in [1.29, 1.82) is 0 Å². The maximum absolute atomic E-state index is 14.6. The number of benzene rings is 2. The second-order valence-corrected chi connectivity index (χ2v) is 10.0. The SMILES string of the molecule is COC(=O)c1cc(OC)nc(OCC(C2CCCCC2)n2c(-c3ccc(Cl)cc3)nc3cc(F)c(F)cc32)c1. The summed E-state index contributed by atoms with van der Waals surface area (Å²) in [6.07, 6.45) is 5.12. The molecule has 10 heteroatoms. The van der Waals surface area contributed by atoms with Gasteiger partial charge in [-0.2, -0.15) is 4.98 Å². The minimum Gasteiger partial charge on any atom is -0.481 e. The average molecular weight is 556 g/mol. The number of fused-ring (bicyclic) bond motifs is 1. The van der Waals surface area contributed by atoms with E-state index in [4.69, 9.17) is 30.8 Å². The van der Waals surface area contributed by atoms with E-state index in [1.165, 1.54) is 32.4 Å². The Morgan fingerprint density at radius 2 is 1.69 bits per heavy atom. The molecule has 7 nitrogen and oxygen atoms in total. The minimum atomic E-state index is -0.962. The highest BCUT2D eigenvalue weighted by atomic mass is 35.5. The Morgan fingerprint density at radius 3 is 2.38 bits per heavy atom. The summed E-state index contributed by atoms with van der Waals surface area (Å²) in [4.78, 5) is 21.3. The van der Waals surface area contributed by atoms with Gasteiger partial charge in [0.2, 0.25) is 11.8 Å². The molecule has 0 aliphatic heterocycles. The number of hydrogen-bond acceptors (Lipinski definition) is 6. The molecule has 2 heterocycles. The maximum Gasteiger partial charge on any atom is 0.338 e. The molecule has 2 aromatic carbocycles. The molecule has 2 aromatic heterocycles. The zero-order valence-electron chi connectivity index (χ0n) is 21.6. The van der Waals surface area contributed by atoms with E-state index < -0.39 is 17.6 Å². The summed E-state index contributed by atoms with van der Waals surface area (Å²) in [6.45, 7) is 0.149. The van der Waals surface area contributed by atoms with Gasteiger partial charge in [-0.25, -0.2) is 18.6 Å². The van der Waals surface area contributed by atoms with Crippen molar-refractivity contribution in [2.75, 3.05) is 20.8 Å². The van der Waals surface area contributed by atoms with E-state index in [1.54, 1.807) is 12.1 Å². The first kappa shape index (κ1) is 26.9. The van der Waals surface area contributed by atoms with Gasteiger partial charge in [-0.05, 0) is 43.0 Å². The second kappa shape index (κ2) is 11.6. The number of esters is 1. The topological polar surface area (TPSA) is 75.5 Å². The van der Waals surface area contributed by atoms with Crippen LogP contribution in [0, 0.1) is 17.6 Å². The lowest BCUT2D eigenvalue weighted by Gasteiger charge is -2.32. The number of nitrogens with zero attached hydrogens (tertiary/aromatic N) is 3. The highest BCUT2D eigenvalue weighted by molar-refractivity contribution is 6.30. The van der Waals surface area contributed by atoms with Gasteiger partial charge in [0.15, 0.2) is 11.6 Å². The second-order valence-electron chi connectivity index (χ2n) is 9.57. The molecule has 0 bridgehead atoms. The molecule has 0 radical (unpaired) electrons. The summed E-state index contributed by atoms with van der Waals surface area (Å²) in [6, 6.07) is 12.1. The molecule has 1 fully saturated rings. The van der Waals surface area contributed by atoms with Crippen LogP contribution in [0.3, 0.4) is 0 Å². The van der Waals surface area contributed by atoms with Gasteiger partial charge in [-0.3, -0.25) is 0 Å². The van der Waals surface area contributed by atoms with Gasteiger partial charge in [0.05, 0.1) is 36.9 Å². The Balaban J connectivity index is 1.61. The van der Waals surface area contributed by atoms with Crippen molar-refractivity contribution in [2.24, 2.45) is 5.92 Å². The number of methoxy groups -OCH3 is 2. The molecule has 4 aromatic rings. The van der Waals surface area contributed by atoms with Crippen molar-refractivity contribution in [2.45, 2.75) is 38.1 Å². The summed E-state index contributed by atoms with van der Waals surface area (Å²) in [7, 11) is 2.74. The number of hydrogen-bond donors (Lipinski definition) is 0. The van der Waals surface area contributed by atoms with Crippen LogP contribution in [-0.4, -0.2) is 41.3 Å². The smallest absolute Gasteiger partial charge is 0.338 e. The summed E-state index contributed by atoms with van der Waals surface area (Å²) in [5, 5.41) is 0.566. The number of halogens is 3. The lowest BCUT2D eigenvalue weighted by atomic mass is 9.83. The highest BCUT2D eigenvalue weighted by Crippen LogP contribution is 2.39. The average Bonchev–Trinajstić information content (AvgIpc) is 3.31. The van der Waals surface area contributed by atoms with Gasteiger partial charge in [-0.15, -0.1) is 0 Å². The molecule has 39 heavy (non-hydrogen) atoms. The van der Waals surface area contributed by atoms with Crippen LogP contribution >= 0.6 is 11.6 Å². The molecule has 0 N–H and O–H groups in total. The maximum atomic E-state index is 14.6. The van der Waals surface area contributed by atoms with Gasteiger partial charge < -0.3 is 18.8 Å². The summed E-state index contributed by atoms with van der Waals surface area (Å²) in [5.74, 6) is -1.34. The molecule has 1 aliphatic carbocycles. The number of aromatic nitrogens is 3. The number of rotatable bonds is 8. The third-order valence-electron chi connectivity index (χ3n) is 7.17. The Hall–Kier alpha value is -3.72. The van der Waals surface area contributed by atoms with E-state index in [-0.39, 0.29) is 35.9 Å². The summed E-state index contributed by atoms with van der Waals surface area (Å²) < 4.78 is 47.0. The Morgan fingerprint density at radius 1 is 1.00 bits per heavy atom. The van der Waals surface area contributed by atoms with Crippen LogP contribution in [0.5, 0.6) is 11.8 Å². The van der Waals surface area contributed by atoms with Crippen LogP contribution in [0.25, 0.3) is 22.4 Å². The van der Waals surface area contributed by atoms with E-state index in [1.807, 2.05) is 16.7 Å². The van der Waals surface area contributed by atoms with Crippen molar-refractivity contribution >= 4 is 28.6 Å². The number of ether oxygens (including phenoxy) is 3. The van der Waals surface area contributed by atoms with Crippen LogP contribution < -0.4 is 9.47 Å². The van der Waals surface area contributed by atoms with E-state index >= 15 is 0 Å². The van der Waals surface area contributed by atoms with E-state index in [9.17, 15) is 13.6 Å². The third-order valence-corrected chi connectivity index (χ3v) is 7.42. The minimum absolute atomic E-state index is 0.149. The predicted molar refractivity (Wildman–Crippen MR) is 143 cm³/mol. The van der Waals surface area contributed by atoms with Crippen molar-refractivity contribution in [1.82, 2.24) is 14.5 Å². The lowest BCUT2D eigenvalue weighted by Crippen LogP contribution is -2.28. The molecule has 1 unspecified atom stereocenters. The standard InChI is InChI=1S/C29H28ClF2N3O4/c1-37-26-12-19(29(36)38-2)13-27(34-26)39-16-25(17-6-4-3-5-7-17)35-24-15-22(32)21(31)14-23(24)33-28(35)18-8-10-20(30)11-9-18/h8-15,17,25H,3-7,16H2,1-2H3. The molecule has 5 rings (SSSR count).